The van der Waals surface area contributed by atoms with Crippen LogP contribution in [0.3, 0.4) is 0 Å². The molecule has 0 aromatic heterocycles. The summed E-state index contributed by atoms with van der Waals surface area (Å²) in [4.78, 5) is 31.0. The Morgan fingerprint density at radius 2 is 0.701 bits per heavy atom. The fourth-order valence-corrected chi connectivity index (χ4v) is 11.7. The summed E-state index contributed by atoms with van der Waals surface area (Å²) in [5.41, 5.74) is 18.2. The highest BCUT2D eigenvalue weighted by Gasteiger charge is 2.39. The Hall–Kier alpha value is -5.64. The average Bonchev–Trinajstić information content (AvgIpc) is 4.20. The largest absolute Gasteiger partial charge is 0.399 e. The van der Waals surface area contributed by atoms with E-state index < -0.39 is 0 Å². The predicted molar refractivity (Wildman–Crippen MR) is 274 cm³/mol. The SMILES string of the molecule is C1CCNC1.C1CNC(C2CCCN2)C1.Nc1ccc(N2CCCC2C2CCCN2c2ccc(N)cc2)cc1.O=[N+]([O-])c1ccc(N2CCCC2C2CCCN2c2ccc([N+](=O)[O-])cc2)cc1. The van der Waals surface area contributed by atoms with Gasteiger partial charge in [0, 0.05) is 121 Å². The number of nitrogens with one attached hydrogen (secondary N) is 3. The van der Waals surface area contributed by atoms with E-state index in [1.165, 1.54) is 102 Å². The Bertz CT molecular complexity index is 1990. The molecule has 360 valence electrons. The number of nitrogens with two attached hydrogens (primary N) is 2. The van der Waals surface area contributed by atoms with Gasteiger partial charge in [0.1, 0.15) is 0 Å². The number of non-ortho nitro benzene ring substituents is 2. The van der Waals surface area contributed by atoms with Crippen molar-refractivity contribution in [1.29, 1.82) is 0 Å². The lowest BCUT2D eigenvalue weighted by molar-refractivity contribution is -0.385. The molecule has 4 aromatic carbocycles. The number of rotatable bonds is 9. The standard InChI is InChI=1S/C20H22N4O4.C20H26N4.C8H16N2.C4H9N/c25-23(26)17-9-5-15(6-10-17)21-13-1-3-19(21)20-4-2-14-22(20)16-7-11-18(12-8-16)24(27)28;21-15-5-9-17(10-6-15)23-13-1-3-19(23)20-4-2-14-24(20)18-11-7-16(22)8-12-18;1-3-7(9-5-1)8-4-2-6-10-8;1-2-4-5-3-1/h5-12,19-20H,1-4,13-14H2;5-12,19-20H,1-4,13-14,21-22H2;7-10H,1-6H2;5H,1-4H2. The number of nitro benzene ring substituents is 2. The molecule has 7 saturated heterocycles. The van der Waals surface area contributed by atoms with Crippen LogP contribution in [0.15, 0.2) is 97.1 Å². The molecule has 0 bridgehead atoms. The van der Waals surface area contributed by atoms with Crippen molar-refractivity contribution in [2.45, 2.75) is 126 Å². The highest BCUT2D eigenvalue weighted by molar-refractivity contribution is 5.59. The molecule has 7 aliphatic heterocycles. The first-order valence-corrected chi connectivity index (χ1v) is 25.2. The van der Waals surface area contributed by atoms with Crippen molar-refractivity contribution >= 4 is 45.5 Å². The van der Waals surface area contributed by atoms with Crippen LogP contribution in [0.5, 0.6) is 0 Å². The van der Waals surface area contributed by atoms with Gasteiger partial charge in [0.05, 0.1) is 9.85 Å². The fraction of sp³-hybridized carbons (Fsp3) is 0.538. The number of hydrogen-bond donors (Lipinski definition) is 5. The maximum Gasteiger partial charge on any atom is 0.269 e. The van der Waals surface area contributed by atoms with Crippen LogP contribution in [-0.4, -0.2) is 98.5 Å². The lowest BCUT2D eigenvalue weighted by Gasteiger charge is -2.37. The highest BCUT2D eigenvalue weighted by Crippen LogP contribution is 2.38. The summed E-state index contributed by atoms with van der Waals surface area (Å²) in [5, 5.41) is 32.1. The van der Waals surface area contributed by atoms with Gasteiger partial charge in [-0.1, -0.05) is 0 Å². The molecule has 6 unspecified atom stereocenters. The topological polar surface area (TPSA) is 187 Å². The number of benzene rings is 4. The van der Waals surface area contributed by atoms with Crippen LogP contribution < -0.4 is 47.0 Å². The molecule has 15 nitrogen and oxygen atoms in total. The third-order valence-electron chi connectivity index (χ3n) is 15.0. The summed E-state index contributed by atoms with van der Waals surface area (Å²) in [6.07, 6.45) is 17.7. The van der Waals surface area contributed by atoms with Gasteiger partial charge < -0.3 is 47.0 Å². The molecule has 4 aromatic rings. The molecule has 67 heavy (non-hydrogen) atoms. The molecule has 0 aliphatic carbocycles. The molecule has 11 rings (SSSR count). The number of nitrogens with zero attached hydrogens (tertiary/aromatic N) is 6. The molecular formula is C52H73N11O4. The van der Waals surface area contributed by atoms with Crippen LogP contribution in [-0.2, 0) is 0 Å². The smallest absolute Gasteiger partial charge is 0.269 e. The Kier molecular flexibility index (Phi) is 16.7. The second-order valence-electron chi connectivity index (χ2n) is 19.2. The van der Waals surface area contributed by atoms with E-state index in [0.717, 1.165) is 86.7 Å². The van der Waals surface area contributed by atoms with Gasteiger partial charge in [-0.2, -0.15) is 0 Å². The van der Waals surface area contributed by atoms with Crippen molar-refractivity contribution in [3.8, 4) is 0 Å². The quantitative estimate of drug-likeness (QED) is 0.0612. The van der Waals surface area contributed by atoms with Gasteiger partial charge in [0.15, 0.2) is 0 Å². The summed E-state index contributed by atoms with van der Waals surface area (Å²) in [6.45, 7) is 9.13. The Balaban J connectivity index is 0.000000139. The molecule has 6 atom stereocenters. The van der Waals surface area contributed by atoms with Gasteiger partial charge in [-0.3, -0.25) is 20.2 Å². The maximum atomic E-state index is 10.9. The average molecular weight is 916 g/mol. The van der Waals surface area contributed by atoms with Gasteiger partial charge >= 0.3 is 0 Å². The van der Waals surface area contributed by atoms with E-state index in [2.05, 4.69) is 59.8 Å². The predicted octanol–water partition coefficient (Wildman–Crippen LogP) is 8.49. The Morgan fingerprint density at radius 3 is 0.940 bits per heavy atom. The van der Waals surface area contributed by atoms with Crippen molar-refractivity contribution in [1.82, 2.24) is 16.0 Å². The zero-order chi connectivity index (χ0) is 46.5. The summed E-state index contributed by atoms with van der Waals surface area (Å²) >= 11 is 0. The second kappa shape index (κ2) is 23.4. The molecule has 15 heteroatoms. The molecule has 7 heterocycles. The van der Waals surface area contributed by atoms with E-state index in [1.807, 2.05) is 48.5 Å². The van der Waals surface area contributed by atoms with Crippen LogP contribution in [0.4, 0.5) is 45.5 Å². The maximum absolute atomic E-state index is 10.9. The second-order valence-corrected chi connectivity index (χ2v) is 19.2. The van der Waals surface area contributed by atoms with E-state index >= 15 is 0 Å². The van der Waals surface area contributed by atoms with Crippen molar-refractivity contribution in [2.75, 3.05) is 83.4 Å². The molecule has 0 radical (unpaired) electrons. The zero-order valence-electron chi connectivity index (χ0n) is 39.2. The Morgan fingerprint density at radius 1 is 0.403 bits per heavy atom. The van der Waals surface area contributed by atoms with Gasteiger partial charge in [-0.15, -0.1) is 0 Å². The molecule has 0 spiro atoms. The minimum Gasteiger partial charge on any atom is -0.399 e. The van der Waals surface area contributed by atoms with Crippen molar-refractivity contribution in [3.05, 3.63) is 117 Å². The normalized spacial score (nSPS) is 25.6. The number of nitro groups is 2. The summed E-state index contributed by atoms with van der Waals surface area (Å²) < 4.78 is 0. The summed E-state index contributed by atoms with van der Waals surface area (Å²) in [5.74, 6) is 0. The monoisotopic (exact) mass is 916 g/mol. The lowest BCUT2D eigenvalue weighted by Crippen LogP contribution is -2.46. The van der Waals surface area contributed by atoms with Crippen molar-refractivity contribution < 1.29 is 9.85 Å². The minimum absolute atomic E-state index is 0.105. The third kappa shape index (κ3) is 12.3. The third-order valence-corrected chi connectivity index (χ3v) is 15.0. The summed E-state index contributed by atoms with van der Waals surface area (Å²) in [6, 6.07) is 33.7. The number of nitrogen functional groups attached to an aromatic ring is 2. The van der Waals surface area contributed by atoms with Gasteiger partial charge in [0.2, 0.25) is 0 Å². The van der Waals surface area contributed by atoms with Crippen LogP contribution in [0.25, 0.3) is 0 Å². The molecule has 7 fully saturated rings. The van der Waals surface area contributed by atoms with Crippen LogP contribution in [0.2, 0.25) is 0 Å². The molecule has 7 aliphatic rings. The number of hydrogen-bond acceptors (Lipinski definition) is 13. The van der Waals surface area contributed by atoms with E-state index in [1.54, 1.807) is 24.3 Å². The van der Waals surface area contributed by atoms with Gasteiger partial charge in [-0.05, 0) is 189 Å². The van der Waals surface area contributed by atoms with E-state index in [-0.39, 0.29) is 21.2 Å². The molecular weight excluding hydrogens is 843 g/mol. The first-order chi connectivity index (χ1) is 32.7. The Labute approximate surface area is 396 Å². The lowest BCUT2D eigenvalue weighted by atomic mass is 10.0. The van der Waals surface area contributed by atoms with E-state index in [4.69, 9.17) is 11.5 Å². The first kappa shape index (κ1) is 47.8. The first-order valence-electron chi connectivity index (χ1n) is 25.2. The van der Waals surface area contributed by atoms with E-state index in [9.17, 15) is 20.2 Å². The number of anilines is 6. The van der Waals surface area contributed by atoms with Crippen LogP contribution in [0, 0.1) is 20.2 Å². The minimum atomic E-state index is -0.376. The zero-order valence-corrected chi connectivity index (χ0v) is 39.2. The molecule has 0 amide bonds. The van der Waals surface area contributed by atoms with Crippen LogP contribution in [0.1, 0.15) is 89.9 Å². The highest BCUT2D eigenvalue weighted by atomic mass is 16.6. The molecule has 7 N–H and O–H groups in total. The molecule has 0 saturated carbocycles. The van der Waals surface area contributed by atoms with Crippen molar-refractivity contribution in [2.24, 2.45) is 0 Å². The van der Waals surface area contributed by atoms with Crippen molar-refractivity contribution in [3.63, 3.8) is 0 Å². The fourth-order valence-electron chi connectivity index (χ4n) is 11.7. The summed E-state index contributed by atoms with van der Waals surface area (Å²) in [7, 11) is 0. The van der Waals surface area contributed by atoms with Crippen LogP contribution >= 0.6 is 0 Å². The van der Waals surface area contributed by atoms with Gasteiger partial charge in [0.25, 0.3) is 11.4 Å². The van der Waals surface area contributed by atoms with E-state index in [0.29, 0.717) is 24.2 Å². The van der Waals surface area contributed by atoms with Gasteiger partial charge in [-0.25, -0.2) is 0 Å².